The quantitative estimate of drug-likeness (QED) is 0.297. The molecule has 3 amide bonds. The number of aromatic nitrogens is 2. The van der Waals surface area contributed by atoms with Crippen LogP contribution in [0.1, 0.15) is 48.5 Å². The van der Waals surface area contributed by atoms with Crippen molar-refractivity contribution in [2.75, 3.05) is 6.54 Å². The zero-order valence-corrected chi connectivity index (χ0v) is 21.9. The van der Waals surface area contributed by atoms with Crippen LogP contribution in [0.3, 0.4) is 0 Å². The van der Waals surface area contributed by atoms with Gasteiger partial charge in [-0.2, -0.15) is 18.3 Å². The van der Waals surface area contributed by atoms with Crippen molar-refractivity contribution >= 4 is 40.0 Å². The Bertz CT molecular complexity index is 1610. The highest BCUT2D eigenvalue weighted by molar-refractivity contribution is 7.14. The predicted octanol–water partition coefficient (Wildman–Crippen LogP) is 4.42. The van der Waals surface area contributed by atoms with Crippen LogP contribution in [0.4, 0.5) is 17.6 Å². The molecule has 2 aromatic carbocycles. The van der Waals surface area contributed by atoms with Crippen molar-refractivity contribution < 1.29 is 31.9 Å². The summed E-state index contributed by atoms with van der Waals surface area (Å²) < 4.78 is 53.2. The Hall–Kier alpha value is -4.26. The van der Waals surface area contributed by atoms with Crippen molar-refractivity contribution in [3.05, 3.63) is 86.5 Å². The van der Waals surface area contributed by atoms with E-state index in [-0.39, 0.29) is 18.0 Å². The monoisotopic (exact) mass is 573 g/mol. The molecule has 3 N–H and O–H groups in total. The third-order valence-electron chi connectivity index (χ3n) is 6.65. The summed E-state index contributed by atoms with van der Waals surface area (Å²) in [4.78, 5) is 41.3. The van der Waals surface area contributed by atoms with E-state index in [1.807, 2.05) is 0 Å². The van der Waals surface area contributed by atoms with Crippen molar-refractivity contribution in [3.8, 4) is 0 Å². The van der Waals surface area contributed by atoms with E-state index in [0.29, 0.717) is 29.5 Å². The van der Waals surface area contributed by atoms with Gasteiger partial charge in [-0.1, -0.05) is 12.1 Å². The maximum absolute atomic E-state index is 14.3. The zero-order valence-electron chi connectivity index (χ0n) is 21.1. The summed E-state index contributed by atoms with van der Waals surface area (Å²) in [7, 11) is 0. The number of rotatable bonds is 6. The van der Waals surface area contributed by atoms with Crippen molar-refractivity contribution in [2.24, 2.45) is 0 Å². The first-order valence-electron chi connectivity index (χ1n) is 12.3. The van der Waals surface area contributed by atoms with Crippen molar-refractivity contribution in [1.82, 2.24) is 25.7 Å². The first-order chi connectivity index (χ1) is 19.0. The summed E-state index contributed by atoms with van der Waals surface area (Å²) in [5.74, 6) is -2.64. The van der Waals surface area contributed by atoms with Crippen molar-refractivity contribution in [1.29, 1.82) is 0 Å². The molecule has 0 spiro atoms. The number of thiophene rings is 1. The molecule has 0 bridgehead atoms. The van der Waals surface area contributed by atoms with Crippen LogP contribution in [0.2, 0.25) is 0 Å². The number of halogens is 4. The van der Waals surface area contributed by atoms with Crippen molar-refractivity contribution in [3.63, 3.8) is 0 Å². The Kier molecular flexibility index (Phi) is 7.32. The van der Waals surface area contributed by atoms with Crippen LogP contribution in [0.25, 0.3) is 10.9 Å². The minimum Gasteiger partial charge on any atom is -0.347 e. The predicted molar refractivity (Wildman–Crippen MR) is 139 cm³/mol. The number of H-pyrrole nitrogens is 1. The molecule has 5 rings (SSSR count). The lowest BCUT2D eigenvalue weighted by Gasteiger charge is -2.29. The summed E-state index contributed by atoms with van der Waals surface area (Å²) in [5, 5.41) is 12.7. The normalized spacial score (nSPS) is 14.1. The van der Waals surface area contributed by atoms with E-state index in [1.54, 1.807) is 42.3 Å². The van der Waals surface area contributed by atoms with Gasteiger partial charge in [0.1, 0.15) is 11.9 Å². The van der Waals surface area contributed by atoms with Crippen LogP contribution in [-0.4, -0.2) is 45.4 Å². The molecule has 0 radical (unpaired) electrons. The third kappa shape index (κ3) is 5.55. The molecule has 8 nitrogen and oxygen atoms in total. The molecule has 208 valence electrons. The average molecular weight is 574 g/mol. The highest BCUT2D eigenvalue weighted by Gasteiger charge is 2.35. The minimum atomic E-state index is -4.84. The van der Waals surface area contributed by atoms with Crippen LogP contribution < -0.4 is 10.6 Å². The Morgan fingerprint density at radius 3 is 2.73 bits per heavy atom. The number of hydrogen-bond donors (Lipinski definition) is 3. The molecule has 0 saturated carbocycles. The highest BCUT2D eigenvalue weighted by Crippen LogP contribution is 2.33. The van der Waals surface area contributed by atoms with Gasteiger partial charge < -0.3 is 15.5 Å². The first kappa shape index (κ1) is 27.3. The fraction of sp³-hybridized carbons (Fsp3) is 0.259. The lowest BCUT2D eigenvalue weighted by atomic mass is 10.1. The minimum absolute atomic E-state index is 0.237. The fourth-order valence-corrected chi connectivity index (χ4v) is 5.61. The number of alkyl halides is 3. The second-order valence-electron chi connectivity index (χ2n) is 9.40. The van der Waals surface area contributed by atoms with Gasteiger partial charge in [0.2, 0.25) is 5.91 Å². The standard InChI is InChI=1S/C27H23F4N5O3S/c1-14(34-24(37)15-5-6-20-17(9-15)12-33-35-20)26(39)36-8-7-21-18(13-36)10-22(40-21)25(38)32-11-16-3-2-4-19(23(16)28)27(29,30)31/h2-6,9-10,12,14H,7-8,11,13H2,1H3,(H,32,38)(H,33,35)(H,34,37)/t14-/m1/s1. The number of carbonyl (C=O) groups excluding carboxylic acids is 3. The van der Waals surface area contributed by atoms with Gasteiger partial charge in [0, 0.05) is 41.0 Å². The van der Waals surface area contributed by atoms with Gasteiger partial charge in [-0.05, 0) is 49.2 Å². The molecule has 4 aromatic rings. The number of nitrogens with one attached hydrogen (secondary N) is 3. The van der Waals surface area contributed by atoms with E-state index in [1.165, 1.54) is 17.4 Å². The maximum atomic E-state index is 14.3. The molecule has 0 aliphatic carbocycles. The molecule has 1 atom stereocenters. The van der Waals surface area contributed by atoms with Crippen LogP contribution in [0, 0.1) is 5.82 Å². The van der Waals surface area contributed by atoms with E-state index in [2.05, 4.69) is 20.8 Å². The van der Waals surface area contributed by atoms with Gasteiger partial charge in [0.25, 0.3) is 11.8 Å². The van der Waals surface area contributed by atoms with Crippen LogP contribution in [0.5, 0.6) is 0 Å². The number of fused-ring (bicyclic) bond motifs is 2. The fourth-order valence-electron chi connectivity index (χ4n) is 4.53. The molecule has 3 heterocycles. The summed E-state index contributed by atoms with van der Waals surface area (Å²) in [6.07, 6.45) is -2.74. The average Bonchev–Trinajstić information content (AvgIpc) is 3.57. The summed E-state index contributed by atoms with van der Waals surface area (Å²) in [5.41, 5.74) is 0.287. The summed E-state index contributed by atoms with van der Waals surface area (Å²) >= 11 is 1.22. The van der Waals surface area contributed by atoms with Gasteiger partial charge in [0.05, 0.1) is 22.2 Å². The molecule has 0 fully saturated rings. The number of benzene rings is 2. The van der Waals surface area contributed by atoms with Gasteiger partial charge in [-0.15, -0.1) is 11.3 Å². The molecular weight excluding hydrogens is 550 g/mol. The second kappa shape index (κ2) is 10.7. The molecule has 13 heteroatoms. The first-order valence-corrected chi connectivity index (χ1v) is 13.1. The summed E-state index contributed by atoms with van der Waals surface area (Å²) in [6, 6.07) is 8.80. The summed E-state index contributed by atoms with van der Waals surface area (Å²) in [6.45, 7) is 1.82. The molecule has 1 aliphatic heterocycles. The molecule has 0 saturated heterocycles. The molecule has 0 unspecified atom stereocenters. The highest BCUT2D eigenvalue weighted by atomic mass is 32.1. The Morgan fingerprint density at radius 2 is 1.95 bits per heavy atom. The second-order valence-corrected chi connectivity index (χ2v) is 10.5. The number of nitrogens with zero attached hydrogens (tertiary/aromatic N) is 2. The number of carbonyl (C=O) groups is 3. The van der Waals surface area contributed by atoms with Crippen LogP contribution >= 0.6 is 11.3 Å². The van der Waals surface area contributed by atoms with E-state index >= 15 is 0 Å². The number of aromatic amines is 1. The molecule has 2 aromatic heterocycles. The largest absolute Gasteiger partial charge is 0.419 e. The zero-order chi connectivity index (χ0) is 28.6. The van der Waals surface area contributed by atoms with E-state index < -0.39 is 42.0 Å². The number of hydrogen-bond acceptors (Lipinski definition) is 5. The Morgan fingerprint density at radius 1 is 1.15 bits per heavy atom. The van der Waals surface area contributed by atoms with Crippen LogP contribution in [-0.2, 0) is 30.5 Å². The van der Waals surface area contributed by atoms with Gasteiger partial charge in [0.15, 0.2) is 0 Å². The molecule has 40 heavy (non-hydrogen) atoms. The van der Waals surface area contributed by atoms with Gasteiger partial charge in [-0.3, -0.25) is 19.5 Å². The lowest BCUT2D eigenvalue weighted by Crippen LogP contribution is -2.48. The maximum Gasteiger partial charge on any atom is 0.419 e. The SMILES string of the molecule is C[C@@H](NC(=O)c1ccc2[nH]ncc2c1)C(=O)N1CCc2sc(C(=O)NCc3cccc(C(F)(F)F)c3F)cc2C1. The van der Waals surface area contributed by atoms with Crippen molar-refractivity contribution in [2.45, 2.75) is 38.7 Å². The van der Waals surface area contributed by atoms with E-state index in [4.69, 9.17) is 0 Å². The van der Waals surface area contributed by atoms with Crippen LogP contribution in [0.15, 0.2) is 48.7 Å². The third-order valence-corrected chi connectivity index (χ3v) is 7.88. The molecule has 1 aliphatic rings. The van der Waals surface area contributed by atoms with Gasteiger partial charge >= 0.3 is 6.18 Å². The van der Waals surface area contributed by atoms with E-state index in [0.717, 1.165) is 27.4 Å². The smallest absolute Gasteiger partial charge is 0.347 e. The Balaban J connectivity index is 1.19. The van der Waals surface area contributed by atoms with E-state index in [9.17, 15) is 31.9 Å². The Labute approximate surface area is 229 Å². The van der Waals surface area contributed by atoms with Gasteiger partial charge in [-0.25, -0.2) is 4.39 Å². The number of amides is 3. The molecular formula is C27H23F4N5O3S. The lowest BCUT2D eigenvalue weighted by molar-refractivity contribution is -0.140. The topological polar surface area (TPSA) is 107 Å².